The van der Waals surface area contributed by atoms with Gasteiger partial charge in [-0.05, 0) is 67.8 Å². The van der Waals surface area contributed by atoms with Gasteiger partial charge in [-0.15, -0.1) is 0 Å². The lowest BCUT2D eigenvalue weighted by Gasteiger charge is -2.33. The average molecular weight is 449 g/mol. The van der Waals surface area contributed by atoms with Crippen LogP contribution in [0.2, 0.25) is 0 Å². The SMILES string of the molecule is NCC1CCC(C(=O)N2CC[C@H](c3ccccc3)[C@H]2C(=O)Cc2ccc(C(=O)O)cc2)CC1. The standard InChI is InChI=1S/C27H32N2O4/c28-17-19-8-10-21(11-9-19)26(31)29-15-14-23(20-4-2-1-3-5-20)25(29)24(30)16-18-6-12-22(13-7-18)27(32)33/h1-7,12-13,19,21,23,25H,8-11,14-17,28H2,(H,32,33)/t19?,21?,23-,25+/m1/s1. The molecule has 1 saturated carbocycles. The van der Waals surface area contributed by atoms with Gasteiger partial charge in [0.1, 0.15) is 0 Å². The average Bonchev–Trinajstić information content (AvgIpc) is 3.30. The molecule has 2 atom stereocenters. The third-order valence-electron chi connectivity index (χ3n) is 7.35. The maximum Gasteiger partial charge on any atom is 0.335 e. The fraction of sp³-hybridized carbons (Fsp3) is 0.444. The third-order valence-corrected chi connectivity index (χ3v) is 7.35. The second-order valence-corrected chi connectivity index (χ2v) is 9.38. The van der Waals surface area contributed by atoms with Gasteiger partial charge in [0.2, 0.25) is 5.91 Å². The molecular formula is C27H32N2O4. The van der Waals surface area contributed by atoms with E-state index in [-0.39, 0.29) is 35.5 Å². The summed E-state index contributed by atoms with van der Waals surface area (Å²) < 4.78 is 0. The van der Waals surface area contributed by atoms with Crippen LogP contribution in [0.3, 0.4) is 0 Å². The highest BCUT2D eigenvalue weighted by molar-refractivity contribution is 5.93. The number of carbonyl (C=O) groups is 3. The lowest BCUT2D eigenvalue weighted by molar-refractivity contribution is -0.142. The van der Waals surface area contributed by atoms with E-state index in [9.17, 15) is 14.4 Å². The van der Waals surface area contributed by atoms with Crippen molar-refractivity contribution in [3.05, 3.63) is 71.3 Å². The van der Waals surface area contributed by atoms with Crippen LogP contribution in [0.25, 0.3) is 0 Å². The van der Waals surface area contributed by atoms with Crippen LogP contribution in [0.5, 0.6) is 0 Å². The molecule has 2 aromatic rings. The molecule has 0 radical (unpaired) electrons. The molecule has 1 amide bonds. The van der Waals surface area contributed by atoms with Gasteiger partial charge in [-0.2, -0.15) is 0 Å². The summed E-state index contributed by atoms with van der Waals surface area (Å²) in [6.07, 6.45) is 4.56. The summed E-state index contributed by atoms with van der Waals surface area (Å²) in [6.45, 7) is 1.26. The number of nitrogens with two attached hydrogens (primary N) is 1. The van der Waals surface area contributed by atoms with Crippen LogP contribution in [0.15, 0.2) is 54.6 Å². The molecule has 2 aromatic carbocycles. The van der Waals surface area contributed by atoms with Crippen LogP contribution in [0.4, 0.5) is 0 Å². The van der Waals surface area contributed by atoms with Crippen LogP contribution in [-0.4, -0.2) is 46.8 Å². The van der Waals surface area contributed by atoms with Crippen molar-refractivity contribution in [1.29, 1.82) is 0 Å². The largest absolute Gasteiger partial charge is 0.478 e. The van der Waals surface area contributed by atoms with E-state index in [4.69, 9.17) is 10.8 Å². The third kappa shape index (κ3) is 5.17. The number of amides is 1. The van der Waals surface area contributed by atoms with Crippen molar-refractivity contribution in [1.82, 2.24) is 4.90 Å². The van der Waals surface area contributed by atoms with Gasteiger partial charge in [-0.3, -0.25) is 9.59 Å². The number of rotatable bonds is 7. The molecule has 0 unspecified atom stereocenters. The van der Waals surface area contributed by atoms with E-state index >= 15 is 0 Å². The summed E-state index contributed by atoms with van der Waals surface area (Å²) in [6, 6.07) is 15.9. The number of Topliss-reactive ketones (excluding diaryl/α,β-unsaturated/α-hetero) is 1. The zero-order valence-electron chi connectivity index (χ0n) is 18.9. The molecular weight excluding hydrogens is 416 g/mol. The zero-order chi connectivity index (χ0) is 23.4. The molecule has 6 nitrogen and oxygen atoms in total. The molecule has 1 aliphatic carbocycles. The van der Waals surface area contributed by atoms with E-state index in [0.717, 1.165) is 43.2 Å². The van der Waals surface area contributed by atoms with Gasteiger partial charge in [-0.1, -0.05) is 42.5 Å². The van der Waals surface area contributed by atoms with E-state index < -0.39 is 12.0 Å². The fourth-order valence-corrected chi connectivity index (χ4v) is 5.44. The van der Waals surface area contributed by atoms with Crippen LogP contribution >= 0.6 is 0 Å². The molecule has 0 aromatic heterocycles. The second kappa shape index (κ2) is 10.3. The normalized spacial score (nSPS) is 25.1. The predicted octanol–water partition coefficient (Wildman–Crippen LogP) is 3.65. The monoisotopic (exact) mass is 448 g/mol. The Morgan fingerprint density at radius 1 is 0.909 bits per heavy atom. The van der Waals surface area contributed by atoms with Gasteiger partial charge in [0, 0.05) is 24.8 Å². The number of carboxylic acids is 1. The van der Waals surface area contributed by atoms with E-state index in [1.165, 1.54) is 12.1 Å². The van der Waals surface area contributed by atoms with Crippen LogP contribution in [0, 0.1) is 11.8 Å². The Labute approximate surface area is 194 Å². The molecule has 1 heterocycles. The predicted molar refractivity (Wildman–Crippen MR) is 126 cm³/mol. The van der Waals surface area contributed by atoms with Crippen molar-refractivity contribution in [3.63, 3.8) is 0 Å². The Bertz CT molecular complexity index is 981. The number of nitrogens with zero attached hydrogens (tertiary/aromatic N) is 1. The van der Waals surface area contributed by atoms with E-state index in [1.54, 1.807) is 12.1 Å². The minimum Gasteiger partial charge on any atom is -0.478 e. The molecule has 1 saturated heterocycles. The van der Waals surface area contributed by atoms with Gasteiger partial charge < -0.3 is 15.7 Å². The molecule has 6 heteroatoms. The molecule has 3 N–H and O–H groups in total. The summed E-state index contributed by atoms with van der Waals surface area (Å²) in [4.78, 5) is 40.1. The quantitative estimate of drug-likeness (QED) is 0.673. The number of likely N-dealkylation sites (tertiary alicyclic amines) is 1. The van der Waals surface area contributed by atoms with Gasteiger partial charge in [-0.25, -0.2) is 4.79 Å². The first kappa shape index (κ1) is 23.2. The molecule has 4 rings (SSSR count). The summed E-state index contributed by atoms with van der Waals surface area (Å²) in [5.74, 6) is -0.449. The first-order chi connectivity index (χ1) is 16.0. The number of carbonyl (C=O) groups excluding carboxylic acids is 2. The zero-order valence-corrected chi connectivity index (χ0v) is 18.9. The van der Waals surface area contributed by atoms with Gasteiger partial charge in [0.05, 0.1) is 11.6 Å². The minimum atomic E-state index is -0.992. The number of carboxylic acid groups (broad SMARTS) is 1. The van der Waals surface area contributed by atoms with Crippen LogP contribution < -0.4 is 5.73 Å². The highest BCUT2D eigenvalue weighted by atomic mass is 16.4. The van der Waals surface area contributed by atoms with Gasteiger partial charge in [0.15, 0.2) is 5.78 Å². The van der Waals surface area contributed by atoms with E-state index in [2.05, 4.69) is 0 Å². The Hall–Kier alpha value is -2.99. The first-order valence-electron chi connectivity index (χ1n) is 11.9. The molecule has 174 valence electrons. The van der Waals surface area contributed by atoms with Crippen molar-refractivity contribution in [2.24, 2.45) is 17.6 Å². The van der Waals surface area contributed by atoms with Crippen molar-refractivity contribution in [2.45, 2.75) is 50.5 Å². The van der Waals surface area contributed by atoms with Crippen LogP contribution in [-0.2, 0) is 16.0 Å². The number of benzene rings is 2. The van der Waals surface area contributed by atoms with Crippen molar-refractivity contribution in [2.75, 3.05) is 13.1 Å². The molecule has 0 spiro atoms. The Morgan fingerprint density at radius 3 is 2.18 bits per heavy atom. The highest BCUT2D eigenvalue weighted by Crippen LogP contribution is 2.38. The Balaban J connectivity index is 1.55. The number of hydrogen-bond acceptors (Lipinski definition) is 4. The number of ketones is 1. The van der Waals surface area contributed by atoms with Gasteiger partial charge >= 0.3 is 5.97 Å². The maximum atomic E-state index is 13.6. The fourth-order valence-electron chi connectivity index (χ4n) is 5.44. The van der Waals surface area contributed by atoms with Crippen LogP contribution in [0.1, 0.15) is 59.5 Å². The molecule has 2 aliphatic rings. The lowest BCUT2D eigenvalue weighted by atomic mass is 9.81. The molecule has 0 bridgehead atoms. The highest BCUT2D eigenvalue weighted by Gasteiger charge is 2.44. The van der Waals surface area contributed by atoms with Crippen molar-refractivity contribution in [3.8, 4) is 0 Å². The lowest BCUT2D eigenvalue weighted by Crippen LogP contribution is -2.46. The number of aromatic carboxylic acids is 1. The summed E-state index contributed by atoms with van der Waals surface area (Å²) in [5, 5.41) is 9.12. The topological polar surface area (TPSA) is 101 Å². The van der Waals surface area contributed by atoms with E-state index in [1.807, 2.05) is 35.2 Å². The Morgan fingerprint density at radius 2 is 1.58 bits per heavy atom. The smallest absolute Gasteiger partial charge is 0.335 e. The summed E-state index contributed by atoms with van der Waals surface area (Å²) >= 11 is 0. The summed E-state index contributed by atoms with van der Waals surface area (Å²) in [7, 11) is 0. The minimum absolute atomic E-state index is 0.00780. The molecule has 2 fully saturated rings. The maximum absolute atomic E-state index is 13.6. The molecule has 33 heavy (non-hydrogen) atoms. The second-order valence-electron chi connectivity index (χ2n) is 9.38. The summed E-state index contributed by atoms with van der Waals surface area (Å²) in [5.41, 5.74) is 7.86. The van der Waals surface area contributed by atoms with E-state index in [0.29, 0.717) is 19.0 Å². The van der Waals surface area contributed by atoms with Gasteiger partial charge in [0.25, 0.3) is 0 Å². The van der Waals surface area contributed by atoms with Crippen molar-refractivity contribution < 1.29 is 19.5 Å². The first-order valence-corrected chi connectivity index (χ1v) is 11.9. The number of hydrogen-bond donors (Lipinski definition) is 2. The van der Waals surface area contributed by atoms with Crippen molar-refractivity contribution >= 4 is 17.7 Å². The Kier molecular flexibility index (Phi) is 7.23. The molecule has 1 aliphatic heterocycles.